The minimum absolute atomic E-state index is 0.120. The van der Waals surface area contributed by atoms with Gasteiger partial charge in [-0.15, -0.1) is 0 Å². The summed E-state index contributed by atoms with van der Waals surface area (Å²) in [5.74, 6) is 1.87. The van der Waals surface area contributed by atoms with Crippen molar-refractivity contribution in [3.05, 3.63) is 71.3 Å². The van der Waals surface area contributed by atoms with E-state index in [0.29, 0.717) is 11.8 Å². The van der Waals surface area contributed by atoms with Crippen molar-refractivity contribution < 1.29 is 9.53 Å². The van der Waals surface area contributed by atoms with Gasteiger partial charge in [-0.1, -0.05) is 24.3 Å². The van der Waals surface area contributed by atoms with E-state index in [1.165, 1.54) is 11.1 Å². The lowest BCUT2D eigenvalue weighted by Crippen LogP contribution is -2.29. The van der Waals surface area contributed by atoms with E-state index >= 15 is 0 Å². The summed E-state index contributed by atoms with van der Waals surface area (Å²) >= 11 is 0. The first-order chi connectivity index (χ1) is 12.5. The molecule has 2 aromatic rings. The molecule has 0 saturated carbocycles. The van der Waals surface area contributed by atoms with E-state index < -0.39 is 0 Å². The number of hydrogen-bond donors (Lipinski definition) is 1. The molecule has 1 aliphatic carbocycles. The molecule has 3 nitrogen and oxygen atoms in total. The van der Waals surface area contributed by atoms with Crippen LogP contribution in [0.25, 0.3) is 0 Å². The van der Waals surface area contributed by atoms with Crippen molar-refractivity contribution in [1.29, 1.82) is 0 Å². The molecule has 1 aliphatic heterocycles. The summed E-state index contributed by atoms with van der Waals surface area (Å²) in [4.78, 5) is 11.8. The van der Waals surface area contributed by atoms with Gasteiger partial charge in [-0.05, 0) is 74.6 Å². The second-order valence-electron chi connectivity index (χ2n) is 7.57. The molecule has 1 heterocycles. The van der Waals surface area contributed by atoms with Crippen molar-refractivity contribution in [1.82, 2.24) is 0 Å². The quantitative estimate of drug-likeness (QED) is 0.586. The van der Waals surface area contributed by atoms with Crippen LogP contribution in [0, 0.1) is 5.92 Å². The van der Waals surface area contributed by atoms with E-state index in [4.69, 9.17) is 4.74 Å². The second-order valence-corrected chi connectivity index (χ2v) is 7.57. The number of carbonyl (C=O) groups excluding carboxylic acids is 1. The predicted octanol–water partition coefficient (Wildman–Crippen LogP) is 5.50. The molecule has 134 valence electrons. The van der Waals surface area contributed by atoms with E-state index in [0.717, 1.165) is 23.4 Å². The molecular weight excluding hydrogens is 322 g/mol. The van der Waals surface area contributed by atoms with Gasteiger partial charge in [0.05, 0.1) is 12.1 Å². The molecule has 0 bridgehead atoms. The van der Waals surface area contributed by atoms with Crippen LogP contribution >= 0.6 is 0 Å². The number of rotatable bonds is 4. The Kier molecular flexibility index (Phi) is 4.31. The van der Waals surface area contributed by atoms with Gasteiger partial charge in [-0.25, -0.2) is 0 Å². The smallest absolute Gasteiger partial charge is 0.159 e. The molecule has 0 unspecified atom stereocenters. The fourth-order valence-electron chi connectivity index (χ4n) is 4.17. The standard InChI is InChI=1S/C23H25NO2/c1-14(2)26-18-10-7-16(8-11-18)23-20-6-4-5-19(20)21-13-17(15(3)25)9-12-22(21)24-23/h4-5,7-14,19-20,23-24H,6H2,1-3H3/t19-,20+,23+/m1/s1. The monoisotopic (exact) mass is 347 g/mol. The summed E-state index contributed by atoms with van der Waals surface area (Å²) in [6, 6.07) is 14.7. The minimum atomic E-state index is 0.120. The van der Waals surface area contributed by atoms with Crippen LogP contribution in [-0.2, 0) is 0 Å². The first kappa shape index (κ1) is 16.9. The molecule has 1 N–H and O–H groups in total. The zero-order valence-corrected chi connectivity index (χ0v) is 15.5. The molecule has 0 spiro atoms. The maximum atomic E-state index is 11.8. The Hall–Kier alpha value is -2.55. The van der Waals surface area contributed by atoms with Gasteiger partial charge >= 0.3 is 0 Å². The zero-order valence-electron chi connectivity index (χ0n) is 15.5. The van der Waals surface area contributed by atoms with Crippen molar-refractivity contribution in [2.75, 3.05) is 5.32 Å². The summed E-state index contributed by atoms with van der Waals surface area (Å²) in [6.45, 7) is 5.71. The average Bonchev–Trinajstić information content (AvgIpc) is 3.11. The van der Waals surface area contributed by atoms with Crippen LogP contribution < -0.4 is 10.1 Å². The van der Waals surface area contributed by atoms with Gasteiger partial charge in [0, 0.05) is 17.2 Å². The van der Waals surface area contributed by atoms with Crippen molar-refractivity contribution in [2.24, 2.45) is 5.92 Å². The van der Waals surface area contributed by atoms with Gasteiger partial charge < -0.3 is 10.1 Å². The molecule has 26 heavy (non-hydrogen) atoms. The molecular formula is C23H25NO2. The van der Waals surface area contributed by atoms with Gasteiger partial charge in [0.15, 0.2) is 5.78 Å². The number of allylic oxidation sites excluding steroid dienone is 2. The SMILES string of the molecule is CC(=O)c1ccc2c(c1)[C@@H]1C=CC[C@@H]1[C@H](c1ccc(OC(C)C)cc1)N2. The Morgan fingerprint density at radius 3 is 2.62 bits per heavy atom. The van der Waals surface area contributed by atoms with E-state index in [1.807, 2.05) is 19.9 Å². The summed E-state index contributed by atoms with van der Waals surface area (Å²) < 4.78 is 5.77. The largest absolute Gasteiger partial charge is 0.491 e. The van der Waals surface area contributed by atoms with Crippen LogP contribution in [0.4, 0.5) is 5.69 Å². The van der Waals surface area contributed by atoms with Gasteiger partial charge in [0.25, 0.3) is 0 Å². The number of benzene rings is 2. The van der Waals surface area contributed by atoms with Crippen molar-refractivity contribution >= 4 is 11.5 Å². The highest BCUT2D eigenvalue weighted by atomic mass is 16.5. The molecule has 0 saturated heterocycles. The van der Waals surface area contributed by atoms with Crippen LogP contribution in [0.1, 0.15) is 60.6 Å². The topological polar surface area (TPSA) is 38.3 Å². The number of carbonyl (C=O) groups is 1. The van der Waals surface area contributed by atoms with Gasteiger partial charge in [-0.2, -0.15) is 0 Å². The molecule has 2 aliphatic rings. The fourth-order valence-corrected chi connectivity index (χ4v) is 4.17. The highest BCUT2D eigenvalue weighted by Crippen LogP contribution is 2.50. The highest BCUT2D eigenvalue weighted by Gasteiger charge is 2.38. The second kappa shape index (κ2) is 6.64. The first-order valence-electron chi connectivity index (χ1n) is 9.37. The Morgan fingerprint density at radius 1 is 1.15 bits per heavy atom. The Labute approximate surface area is 155 Å². The van der Waals surface area contributed by atoms with E-state index in [2.05, 4.69) is 53.9 Å². The van der Waals surface area contributed by atoms with E-state index in [1.54, 1.807) is 6.92 Å². The molecule has 0 amide bonds. The summed E-state index contributed by atoms with van der Waals surface area (Å²) in [6.07, 6.45) is 5.81. The van der Waals surface area contributed by atoms with Gasteiger partial charge in [-0.3, -0.25) is 4.79 Å². The van der Waals surface area contributed by atoms with Crippen LogP contribution in [0.5, 0.6) is 5.75 Å². The Balaban J connectivity index is 1.66. The van der Waals surface area contributed by atoms with E-state index in [-0.39, 0.29) is 17.9 Å². The number of fused-ring (bicyclic) bond motifs is 3. The highest BCUT2D eigenvalue weighted by molar-refractivity contribution is 5.95. The normalized spacial score (nSPS) is 23.3. The maximum Gasteiger partial charge on any atom is 0.159 e. The molecule has 3 atom stereocenters. The predicted molar refractivity (Wildman–Crippen MR) is 105 cm³/mol. The lowest BCUT2D eigenvalue weighted by molar-refractivity contribution is 0.101. The summed E-state index contributed by atoms with van der Waals surface area (Å²) in [7, 11) is 0. The number of hydrogen-bond acceptors (Lipinski definition) is 3. The Bertz CT molecular complexity index is 851. The average molecular weight is 347 g/mol. The van der Waals surface area contributed by atoms with Crippen molar-refractivity contribution in [2.45, 2.75) is 45.3 Å². The van der Waals surface area contributed by atoms with Crippen LogP contribution in [0.2, 0.25) is 0 Å². The van der Waals surface area contributed by atoms with Crippen molar-refractivity contribution in [3.63, 3.8) is 0 Å². The molecule has 0 radical (unpaired) electrons. The summed E-state index contributed by atoms with van der Waals surface area (Å²) in [5.41, 5.74) is 4.45. The van der Waals surface area contributed by atoms with Crippen molar-refractivity contribution in [3.8, 4) is 5.75 Å². The number of ketones is 1. The summed E-state index contributed by atoms with van der Waals surface area (Å²) in [5, 5.41) is 3.72. The van der Waals surface area contributed by atoms with Crippen LogP contribution in [0.15, 0.2) is 54.6 Å². The first-order valence-corrected chi connectivity index (χ1v) is 9.37. The molecule has 3 heteroatoms. The number of ether oxygens (including phenoxy) is 1. The third-order valence-electron chi connectivity index (χ3n) is 5.38. The number of Topliss-reactive ketones (excluding diaryl/α,β-unsaturated/α-hetero) is 1. The molecule has 0 aromatic heterocycles. The third-order valence-corrected chi connectivity index (χ3v) is 5.38. The number of nitrogens with one attached hydrogen (secondary N) is 1. The molecule has 0 fully saturated rings. The lowest BCUT2D eigenvalue weighted by atomic mass is 9.76. The number of anilines is 1. The van der Waals surface area contributed by atoms with E-state index in [9.17, 15) is 4.79 Å². The fraction of sp³-hybridized carbons (Fsp3) is 0.348. The van der Waals surface area contributed by atoms with Gasteiger partial charge in [0.2, 0.25) is 0 Å². The zero-order chi connectivity index (χ0) is 18.3. The van der Waals surface area contributed by atoms with Gasteiger partial charge in [0.1, 0.15) is 5.75 Å². The minimum Gasteiger partial charge on any atom is -0.491 e. The Morgan fingerprint density at radius 2 is 1.92 bits per heavy atom. The van der Waals surface area contributed by atoms with Crippen LogP contribution in [0.3, 0.4) is 0 Å². The van der Waals surface area contributed by atoms with Crippen LogP contribution in [-0.4, -0.2) is 11.9 Å². The maximum absolute atomic E-state index is 11.8. The lowest BCUT2D eigenvalue weighted by Gasteiger charge is -2.37. The third kappa shape index (κ3) is 3.03. The molecule has 4 rings (SSSR count). The molecule has 2 aromatic carbocycles.